The fourth-order valence-electron chi connectivity index (χ4n) is 1.72. The van der Waals surface area contributed by atoms with Gasteiger partial charge in [0.15, 0.2) is 6.61 Å². The zero-order valence-electron chi connectivity index (χ0n) is 10.9. The molecule has 1 aromatic carbocycles. The molecule has 0 N–H and O–H groups in total. The summed E-state index contributed by atoms with van der Waals surface area (Å²) >= 11 is 7.53. The molecule has 0 aliphatic heterocycles. The Labute approximate surface area is 122 Å². The Morgan fingerprint density at radius 1 is 1.32 bits per heavy atom. The van der Waals surface area contributed by atoms with Crippen molar-refractivity contribution in [3.63, 3.8) is 0 Å². The zero-order valence-corrected chi connectivity index (χ0v) is 12.5. The average Bonchev–Trinajstić information content (AvgIpc) is 2.84. The molecule has 19 heavy (non-hydrogen) atoms. The first-order valence-electron chi connectivity index (χ1n) is 6.11. The molecule has 0 fully saturated rings. The van der Waals surface area contributed by atoms with Gasteiger partial charge in [0.25, 0.3) is 0 Å². The van der Waals surface area contributed by atoms with Crippen LogP contribution in [-0.2, 0) is 6.42 Å². The molecule has 0 radical (unpaired) electrons. The smallest absolute Gasteiger partial charge is 0.210 e. The van der Waals surface area contributed by atoms with Crippen LogP contribution >= 0.6 is 22.9 Å². The second-order valence-corrected chi connectivity index (χ2v) is 5.92. The molecule has 100 valence electrons. The molecule has 1 aromatic heterocycles. The van der Waals surface area contributed by atoms with Gasteiger partial charge in [-0.15, -0.1) is 11.3 Å². The van der Waals surface area contributed by atoms with Gasteiger partial charge in [-0.25, -0.2) is 0 Å². The second kappa shape index (κ2) is 6.22. The Morgan fingerprint density at radius 3 is 2.74 bits per heavy atom. The summed E-state index contributed by atoms with van der Waals surface area (Å²) in [6.07, 6.45) is 0.841. The lowest BCUT2D eigenvalue weighted by atomic mass is 10.1. The number of carbonyl (C=O) groups excluding carboxylic acids is 1. The number of benzene rings is 1. The highest BCUT2D eigenvalue weighted by molar-refractivity contribution is 7.14. The molecule has 4 heteroatoms. The fourth-order valence-corrected chi connectivity index (χ4v) is 2.76. The van der Waals surface area contributed by atoms with Gasteiger partial charge in [0, 0.05) is 9.90 Å². The SMILES string of the molecule is CCc1cc(OCC(=O)c2ccc(C)s2)ccc1Cl. The highest BCUT2D eigenvalue weighted by Crippen LogP contribution is 2.23. The molecule has 1 heterocycles. The van der Waals surface area contributed by atoms with Gasteiger partial charge >= 0.3 is 0 Å². The number of carbonyl (C=O) groups is 1. The third kappa shape index (κ3) is 3.58. The van der Waals surface area contributed by atoms with E-state index in [0.29, 0.717) is 5.75 Å². The lowest BCUT2D eigenvalue weighted by Crippen LogP contribution is -2.10. The lowest BCUT2D eigenvalue weighted by Gasteiger charge is -2.07. The molecule has 0 aliphatic rings. The van der Waals surface area contributed by atoms with Crippen LogP contribution in [0.5, 0.6) is 5.75 Å². The molecular formula is C15H15ClO2S. The van der Waals surface area contributed by atoms with E-state index >= 15 is 0 Å². The van der Waals surface area contributed by atoms with E-state index in [2.05, 4.69) is 0 Å². The predicted octanol–water partition coefficient (Wildman–Crippen LogP) is 4.53. The summed E-state index contributed by atoms with van der Waals surface area (Å²) in [4.78, 5) is 13.8. The van der Waals surface area contributed by atoms with Gasteiger partial charge in [0.2, 0.25) is 5.78 Å². The van der Waals surface area contributed by atoms with Crippen LogP contribution in [0.3, 0.4) is 0 Å². The van der Waals surface area contributed by atoms with E-state index in [1.165, 1.54) is 11.3 Å². The van der Waals surface area contributed by atoms with Crippen molar-refractivity contribution in [2.45, 2.75) is 20.3 Å². The van der Waals surface area contributed by atoms with Crippen LogP contribution < -0.4 is 4.74 Å². The van der Waals surface area contributed by atoms with Crippen molar-refractivity contribution in [1.29, 1.82) is 0 Å². The van der Waals surface area contributed by atoms with E-state index in [1.54, 1.807) is 12.1 Å². The quantitative estimate of drug-likeness (QED) is 0.757. The van der Waals surface area contributed by atoms with Crippen molar-refractivity contribution in [2.24, 2.45) is 0 Å². The number of ether oxygens (including phenoxy) is 1. The van der Waals surface area contributed by atoms with Crippen LogP contribution in [-0.4, -0.2) is 12.4 Å². The molecular weight excluding hydrogens is 280 g/mol. The summed E-state index contributed by atoms with van der Waals surface area (Å²) in [6.45, 7) is 4.07. The number of thiophene rings is 1. The van der Waals surface area contributed by atoms with E-state index in [-0.39, 0.29) is 12.4 Å². The standard InChI is InChI=1S/C15H15ClO2S/c1-3-11-8-12(5-6-13(11)16)18-9-14(17)15-7-4-10(2)19-15/h4-8H,3,9H2,1-2H3. The van der Waals surface area contributed by atoms with Crippen molar-refractivity contribution in [3.8, 4) is 5.75 Å². The maximum atomic E-state index is 11.9. The van der Waals surface area contributed by atoms with E-state index in [1.807, 2.05) is 32.0 Å². The molecule has 0 unspecified atom stereocenters. The summed E-state index contributed by atoms with van der Waals surface area (Å²) in [7, 11) is 0. The first-order valence-corrected chi connectivity index (χ1v) is 7.30. The Balaban J connectivity index is 2.01. The van der Waals surface area contributed by atoms with Gasteiger partial charge in [0.05, 0.1) is 4.88 Å². The molecule has 0 amide bonds. The molecule has 0 atom stereocenters. The van der Waals surface area contributed by atoms with E-state index in [4.69, 9.17) is 16.3 Å². The van der Waals surface area contributed by atoms with Gasteiger partial charge in [-0.05, 0) is 49.2 Å². The summed E-state index contributed by atoms with van der Waals surface area (Å²) in [5.74, 6) is 0.689. The molecule has 0 saturated carbocycles. The van der Waals surface area contributed by atoms with E-state index in [9.17, 15) is 4.79 Å². The average molecular weight is 295 g/mol. The number of aryl methyl sites for hydroxylation is 2. The highest BCUT2D eigenvalue weighted by atomic mass is 35.5. The van der Waals surface area contributed by atoms with Gasteiger partial charge in [0.1, 0.15) is 5.75 Å². The topological polar surface area (TPSA) is 26.3 Å². The third-order valence-corrected chi connectivity index (χ3v) is 4.19. The van der Waals surface area contributed by atoms with Crippen LogP contribution in [0, 0.1) is 6.92 Å². The number of Topliss-reactive ketones (excluding diaryl/α,β-unsaturated/α-hetero) is 1. The van der Waals surface area contributed by atoms with Crippen LogP contribution in [0.2, 0.25) is 5.02 Å². The van der Waals surface area contributed by atoms with Crippen molar-refractivity contribution in [1.82, 2.24) is 0 Å². The largest absolute Gasteiger partial charge is 0.485 e. The first kappa shape index (κ1) is 14.1. The summed E-state index contributed by atoms with van der Waals surface area (Å²) in [5, 5.41) is 0.732. The Kier molecular flexibility index (Phi) is 4.61. The summed E-state index contributed by atoms with van der Waals surface area (Å²) in [5.41, 5.74) is 1.03. The molecule has 0 spiro atoms. The van der Waals surface area contributed by atoms with Gasteiger partial charge in [-0.2, -0.15) is 0 Å². The third-order valence-electron chi connectivity index (χ3n) is 2.78. The summed E-state index contributed by atoms with van der Waals surface area (Å²) < 4.78 is 5.53. The Hall–Kier alpha value is -1.32. The maximum absolute atomic E-state index is 11.9. The fraction of sp³-hybridized carbons (Fsp3) is 0.267. The Morgan fingerprint density at radius 2 is 2.11 bits per heavy atom. The van der Waals surface area contributed by atoms with Crippen LogP contribution in [0.15, 0.2) is 30.3 Å². The molecule has 2 aromatic rings. The minimum Gasteiger partial charge on any atom is -0.485 e. The van der Waals surface area contributed by atoms with Crippen molar-refractivity contribution in [3.05, 3.63) is 50.7 Å². The predicted molar refractivity (Wildman–Crippen MR) is 79.7 cm³/mol. The van der Waals surface area contributed by atoms with Crippen molar-refractivity contribution < 1.29 is 9.53 Å². The minimum atomic E-state index is 0.00565. The Bertz CT molecular complexity index is 590. The lowest BCUT2D eigenvalue weighted by molar-refractivity contribution is 0.0925. The molecule has 0 saturated heterocycles. The first-order chi connectivity index (χ1) is 9.10. The molecule has 0 aliphatic carbocycles. The molecule has 0 bridgehead atoms. The van der Waals surface area contributed by atoms with Gasteiger partial charge in [-0.3, -0.25) is 4.79 Å². The van der Waals surface area contributed by atoms with Crippen molar-refractivity contribution in [2.75, 3.05) is 6.61 Å². The number of rotatable bonds is 5. The monoisotopic (exact) mass is 294 g/mol. The maximum Gasteiger partial charge on any atom is 0.210 e. The molecule has 2 nitrogen and oxygen atoms in total. The van der Waals surface area contributed by atoms with Crippen LogP contribution in [0.4, 0.5) is 0 Å². The number of halogens is 1. The van der Waals surface area contributed by atoms with Crippen LogP contribution in [0.25, 0.3) is 0 Å². The number of hydrogen-bond donors (Lipinski definition) is 0. The molecule has 2 rings (SSSR count). The normalized spacial score (nSPS) is 10.5. The number of ketones is 1. The van der Waals surface area contributed by atoms with Gasteiger partial charge in [-0.1, -0.05) is 18.5 Å². The number of hydrogen-bond acceptors (Lipinski definition) is 3. The van der Waals surface area contributed by atoms with Crippen LogP contribution in [0.1, 0.15) is 27.0 Å². The van der Waals surface area contributed by atoms with E-state index in [0.717, 1.165) is 26.8 Å². The highest BCUT2D eigenvalue weighted by Gasteiger charge is 2.09. The van der Waals surface area contributed by atoms with E-state index < -0.39 is 0 Å². The summed E-state index contributed by atoms with van der Waals surface area (Å²) in [6, 6.07) is 9.25. The zero-order chi connectivity index (χ0) is 13.8. The minimum absolute atomic E-state index is 0.00565. The van der Waals surface area contributed by atoms with Gasteiger partial charge < -0.3 is 4.74 Å². The van der Waals surface area contributed by atoms with Crippen molar-refractivity contribution >= 4 is 28.7 Å². The second-order valence-electron chi connectivity index (χ2n) is 4.23.